The van der Waals surface area contributed by atoms with Gasteiger partial charge in [0.1, 0.15) is 16.8 Å². The highest BCUT2D eigenvalue weighted by Crippen LogP contribution is 2.70. The van der Waals surface area contributed by atoms with Gasteiger partial charge < -0.3 is 9.05 Å². The predicted molar refractivity (Wildman–Crippen MR) is 106 cm³/mol. The second kappa shape index (κ2) is 8.14. The van der Waals surface area contributed by atoms with E-state index in [1.165, 1.54) is 62.8 Å². The Labute approximate surface area is 167 Å². The molecule has 0 aliphatic heterocycles. The van der Waals surface area contributed by atoms with Crippen molar-refractivity contribution >= 4 is 19.2 Å². The van der Waals surface area contributed by atoms with E-state index in [4.69, 9.17) is 20.6 Å². The summed E-state index contributed by atoms with van der Waals surface area (Å²) in [7, 11) is -1.44. The van der Waals surface area contributed by atoms with E-state index in [2.05, 4.69) is 0 Å². The summed E-state index contributed by atoms with van der Waals surface area (Å²) in [6.07, 6.45) is 0. The smallest absolute Gasteiger partial charge is 0.311 e. The highest BCUT2D eigenvalue weighted by atomic mass is 35.5. The van der Waals surface area contributed by atoms with Crippen molar-refractivity contribution in [3.63, 3.8) is 0 Å². The van der Waals surface area contributed by atoms with E-state index < -0.39 is 24.4 Å². The van der Waals surface area contributed by atoms with Crippen LogP contribution in [0.2, 0.25) is 5.02 Å². The van der Waals surface area contributed by atoms with Crippen LogP contribution >= 0.6 is 19.2 Å². The third-order valence-corrected chi connectivity index (χ3v) is 7.55. The van der Waals surface area contributed by atoms with Crippen molar-refractivity contribution in [2.75, 3.05) is 14.2 Å². The summed E-state index contributed by atoms with van der Waals surface area (Å²) in [6.45, 7) is 0. The van der Waals surface area contributed by atoms with Gasteiger partial charge in [-0.1, -0.05) is 54.1 Å². The lowest BCUT2D eigenvalue weighted by atomic mass is 9.84. The lowest BCUT2D eigenvalue weighted by Gasteiger charge is -2.40. The molecule has 0 aliphatic rings. The second-order valence-corrected chi connectivity index (χ2v) is 8.87. The van der Waals surface area contributed by atoms with E-state index in [-0.39, 0.29) is 0 Å². The molecule has 3 aromatic carbocycles. The van der Waals surface area contributed by atoms with Crippen molar-refractivity contribution in [2.24, 2.45) is 0 Å². The third kappa shape index (κ3) is 3.29. The van der Waals surface area contributed by atoms with Crippen LogP contribution in [0.4, 0.5) is 8.78 Å². The maximum atomic E-state index is 14.0. The molecule has 0 heterocycles. The maximum Gasteiger partial charge on any atom is 0.349 e. The highest BCUT2D eigenvalue weighted by Gasteiger charge is 2.55. The van der Waals surface area contributed by atoms with Crippen LogP contribution in [0.5, 0.6) is 0 Å². The Bertz CT molecular complexity index is 953. The molecule has 3 aromatic rings. The summed E-state index contributed by atoms with van der Waals surface area (Å²) < 4.78 is 52.2. The average molecular weight is 423 g/mol. The molecule has 0 unspecified atom stereocenters. The molecule has 0 spiro atoms. The van der Waals surface area contributed by atoms with Crippen molar-refractivity contribution in [3.8, 4) is 0 Å². The Hall–Kier alpha value is -2.04. The average Bonchev–Trinajstić information content (AvgIpc) is 2.71. The number of benzene rings is 3. The molecule has 3 rings (SSSR count). The molecular formula is C21H18ClF2O3P. The normalized spacial score (nSPS) is 12.2. The van der Waals surface area contributed by atoms with Crippen LogP contribution in [-0.4, -0.2) is 14.2 Å². The van der Waals surface area contributed by atoms with Crippen molar-refractivity contribution < 1.29 is 22.4 Å². The van der Waals surface area contributed by atoms with Gasteiger partial charge in [-0.3, -0.25) is 4.57 Å². The van der Waals surface area contributed by atoms with E-state index in [0.29, 0.717) is 21.7 Å². The largest absolute Gasteiger partial charge is 0.349 e. The molecular weight excluding hydrogens is 405 g/mol. The molecule has 7 heteroatoms. The first-order chi connectivity index (χ1) is 13.4. The Balaban J connectivity index is 2.52. The summed E-state index contributed by atoms with van der Waals surface area (Å²) in [4.78, 5) is 0. The SMILES string of the molecule is COP(=O)(OC)C(c1ccc(F)cc1)(c1ccc(F)cc1)c1ccccc1Cl. The van der Waals surface area contributed by atoms with Crippen LogP contribution in [0.1, 0.15) is 16.7 Å². The molecule has 0 atom stereocenters. The van der Waals surface area contributed by atoms with Crippen molar-refractivity contribution in [1.29, 1.82) is 0 Å². The minimum absolute atomic E-state index is 0.311. The minimum atomic E-state index is -3.97. The molecule has 28 heavy (non-hydrogen) atoms. The highest BCUT2D eigenvalue weighted by molar-refractivity contribution is 7.55. The van der Waals surface area contributed by atoms with E-state index in [1.807, 2.05) is 0 Å². The lowest BCUT2D eigenvalue weighted by Crippen LogP contribution is -2.31. The van der Waals surface area contributed by atoms with Crippen LogP contribution in [0, 0.1) is 11.6 Å². The van der Waals surface area contributed by atoms with Crippen LogP contribution in [-0.2, 0) is 18.8 Å². The van der Waals surface area contributed by atoms with Gasteiger partial charge in [0.25, 0.3) is 0 Å². The Morgan fingerprint density at radius 3 is 1.61 bits per heavy atom. The van der Waals surface area contributed by atoms with Crippen LogP contribution in [0.15, 0.2) is 72.8 Å². The minimum Gasteiger partial charge on any atom is -0.311 e. The van der Waals surface area contributed by atoms with Gasteiger partial charge >= 0.3 is 7.60 Å². The fourth-order valence-electron chi connectivity index (χ4n) is 3.43. The van der Waals surface area contributed by atoms with Gasteiger partial charge in [0.2, 0.25) is 0 Å². The van der Waals surface area contributed by atoms with Gasteiger partial charge in [0.15, 0.2) is 0 Å². The lowest BCUT2D eigenvalue weighted by molar-refractivity contribution is 0.259. The monoisotopic (exact) mass is 422 g/mol. The molecule has 0 N–H and O–H groups in total. The zero-order valence-electron chi connectivity index (χ0n) is 15.2. The van der Waals surface area contributed by atoms with E-state index >= 15 is 0 Å². The predicted octanol–water partition coefficient (Wildman–Crippen LogP) is 6.40. The topological polar surface area (TPSA) is 35.5 Å². The Morgan fingerprint density at radius 1 is 0.786 bits per heavy atom. The molecule has 0 bridgehead atoms. The second-order valence-electron chi connectivity index (χ2n) is 6.07. The molecule has 3 nitrogen and oxygen atoms in total. The number of halogens is 3. The zero-order valence-corrected chi connectivity index (χ0v) is 16.9. The molecule has 0 saturated carbocycles. The van der Waals surface area contributed by atoms with Crippen molar-refractivity contribution in [2.45, 2.75) is 5.16 Å². The number of hydrogen-bond acceptors (Lipinski definition) is 3. The standard InChI is InChI=1S/C21H18ClF2O3P/c1-26-28(25,27-2)21(15-7-11-17(23)12-8-15,16-9-13-18(24)14-10-16)19-5-3-4-6-20(19)22/h3-14H,1-2H3. The van der Waals surface area contributed by atoms with Crippen molar-refractivity contribution in [1.82, 2.24) is 0 Å². The van der Waals surface area contributed by atoms with Gasteiger partial charge in [-0.15, -0.1) is 0 Å². The third-order valence-electron chi connectivity index (χ3n) is 4.68. The number of hydrogen-bond donors (Lipinski definition) is 0. The molecule has 0 aliphatic carbocycles. The summed E-state index contributed by atoms with van der Waals surface area (Å²) in [5.74, 6) is -0.916. The zero-order chi connectivity index (χ0) is 20.4. The van der Waals surface area contributed by atoms with Gasteiger partial charge in [-0.25, -0.2) is 8.78 Å². The van der Waals surface area contributed by atoms with Crippen LogP contribution < -0.4 is 0 Å². The Kier molecular flexibility index (Phi) is 6.01. The molecule has 0 radical (unpaired) electrons. The summed E-state index contributed by atoms with van der Waals surface area (Å²) in [5, 5.41) is -1.23. The van der Waals surface area contributed by atoms with Crippen LogP contribution in [0.3, 0.4) is 0 Å². The summed E-state index contributed by atoms with van der Waals surface area (Å²) >= 11 is 6.51. The first kappa shape index (κ1) is 20.7. The van der Waals surface area contributed by atoms with Gasteiger partial charge in [0, 0.05) is 19.2 Å². The fourth-order valence-corrected chi connectivity index (χ4v) is 5.89. The maximum absolute atomic E-state index is 14.0. The van der Waals surface area contributed by atoms with Gasteiger partial charge in [-0.05, 0) is 47.0 Å². The molecule has 0 fully saturated rings. The molecule has 0 saturated heterocycles. The van der Waals surface area contributed by atoms with Crippen molar-refractivity contribution in [3.05, 3.63) is 106 Å². The number of rotatable bonds is 6. The van der Waals surface area contributed by atoms with Crippen LogP contribution in [0.25, 0.3) is 0 Å². The van der Waals surface area contributed by atoms with E-state index in [9.17, 15) is 13.3 Å². The van der Waals surface area contributed by atoms with Gasteiger partial charge in [0.05, 0.1) is 0 Å². The fraction of sp³-hybridized carbons (Fsp3) is 0.143. The van der Waals surface area contributed by atoms with Gasteiger partial charge in [-0.2, -0.15) is 0 Å². The first-order valence-electron chi connectivity index (χ1n) is 8.37. The molecule has 0 aromatic heterocycles. The Morgan fingerprint density at radius 2 is 1.21 bits per heavy atom. The molecule has 0 amide bonds. The summed E-state index contributed by atoms with van der Waals surface area (Å²) in [5.41, 5.74) is 1.29. The van der Waals surface area contributed by atoms with E-state index in [0.717, 1.165) is 0 Å². The quantitative estimate of drug-likeness (QED) is 0.341. The summed E-state index contributed by atoms with van der Waals surface area (Å²) in [6, 6.07) is 17.8. The first-order valence-corrected chi connectivity index (χ1v) is 10.3. The van der Waals surface area contributed by atoms with E-state index in [1.54, 1.807) is 24.3 Å². The molecule has 146 valence electrons.